The molecule has 0 radical (unpaired) electrons. The zero-order chi connectivity index (χ0) is 22.7. The number of carbonyl (C=O) groups is 1. The minimum absolute atomic E-state index is 0.0792. The van der Waals surface area contributed by atoms with Gasteiger partial charge in [-0.05, 0) is 42.5 Å². The van der Waals surface area contributed by atoms with Crippen LogP contribution in [0.2, 0.25) is 10.0 Å². The number of nitrogens with zero attached hydrogens (tertiary/aromatic N) is 2. The minimum atomic E-state index is -3.73. The van der Waals surface area contributed by atoms with Crippen LogP contribution in [-0.4, -0.2) is 44.8 Å². The van der Waals surface area contributed by atoms with Gasteiger partial charge in [0.05, 0.1) is 20.6 Å². The van der Waals surface area contributed by atoms with Gasteiger partial charge < -0.3 is 10.2 Å². The maximum atomic E-state index is 13.2. The van der Waals surface area contributed by atoms with E-state index in [0.717, 1.165) is 5.69 Å². The van der Waals surface area contributed by atoms with Crippen LogP contribution in [0.5, 0.6) is 0 Å². The Kier molecular flexibility index (Phi) is 6.71. The lowest BCUT2D eigenvalue weighted by Gasteiger charge is -2.35. The van der Waals surface area contributed by atoms with E-state index >= 15 is 0 Å². The minimum Gasteiger partial charge on any atom is -0.369 e. The maximum Gasteiger partial charge on any atom is 0.255 e. The largest absolute Gasteiger partial charge is 0.369 e. The van der Waals surface area contributed by atoms with Crippen molar-refractivity contribution in [3.63, 3.8) is 0 Å². The van der Waals surface area contributed by atoms with Gasteiger partial charge in [0.2, 0.25) is 10.0 Å². The van der Waals surface area contributed by atoms with Gasteiger partial charge in [0, 0.05) is 37.4 Å². The highest BCUT2D eigenvalue weighted by Gasteiger charge is 2.29. The molecule has 6 nitrogen and oxygen atoms in total. The van der Waals surface area contributed by atoms with E-state index in [9.17, 15) is 13.2 Å². The quantitative estimate of drug-likeness (QED) is 0.560. The summed E-state index contributed by atoms with van der Waals surface area (Å²) in [5.74, 6) is -0.472. The van der Waals surface area contributed by atoms with Crippen molar-refractivity contribution in [3.05, 3.63) is 88.4 Å². The Morgan fingerprint density at radius 3 is 2.25 bits per heavy atom. The molecule has 0 aromatic heterocycles. The molecule has 0 bridgehead atoms. The van der Waals surface area contributed by atoms with Crippen LogP contribution in [0.15, 0.2) is 77.7 Å². The van der Waals surface area contributed by atoms with Crippen LogP contribution in [0.3, 0.4) is 0 Å². The summed E-state index contributed by atoms with van der Waals surface area (Å²) in [6, 6.07) is 20.8. The first-order chi connectivity index (χ1) is 15.4. The third-order valence-electron chi connectivity index (χ3n) is 5.29. The van der Waals surface area contributed by atoms with Crippen LogP contribution >= 0.6 is 23.2 Å². The number of anilines is 2. The van der Waals surface area contributed by atoms with E-state index in [0.29, 0.717) is 36.9 Å². The summed E-state index contributed by atoms with van der Waals surface area (Å²) in [6.45, 7) is 1.92. The molecule has 32 heavy (non-hydrogen) atoms. The zero-order valence-corrected chi connectivity index (χ0v) is 19.4. The van der Waals surface area contributed by atoms with Crippen molar-refractivity contribution in [2.24, 2.45) is 0 Å². The molecule has 3 aromatic carbocycles. The Hall–Kier alpha value is -2.58. The number of rotatable bonds is 5. The van der Waals surface area contributed by atoms with Crippen LogP contribution in [0.4, 0.5) is 11.4 Å². The van der Waals surface area contributed by atoms with Crippen molar-refractivity contribution in [1.29, 1.82) is 0 Å². The SMILES string of the molecule is O=C(Nc1cccc(Cl)c1Cl)c1cccc(S(=O)(=O)N2CCN(c3ccccc3)CC2)c1. The van der Waals surface area contributed by atoms with Crippen molar-refractivity contribution in [3.8, 4) is 0 Å². The fourth-order valence-electron chi connectivity index (χ4n) is 3.57. The lowest BCUT2D eigenvalue weighted by Crippen LogP contribution is -2.48. The van der Waals surface area contributed by atoms with Gasteiger partial charge in [0.15, 0.2) is 0 Å². The number of sulfonamides is 1. The van der Waals surface area contributed by atoms with Crippen LogP contribution in [0, 0.1) is 0 Å². The standard InChI is InChI=1S/C23H21Cl2N3O3S/c24-20-10-5-11-21(22(20)25)26-23(29)17-6-4-9-19(16-17)32(30,31)28-14-12-27(13-15-28)18-7-2-1-3-8-18/h1-11,16H,12-15H2,(H,26,29). The first-order valence-electron chi connectivity index (χ1n) is 10.0. The van der Waals surface area contributed by atoms with E-state index in [1.807, 2.05) is 30.3 Å². The molecule has 1 aliphatic heterocycles. The van der Waals surface area contributed by atoms with Crippen LogP contribution in [0.1, 0.15) is 10.4 Å². The lowest BCUT2D eigenvalue weighted by atomic mass is 10.2. The molecular weight excluding hydrogens is 469 g/mol. The predicted octanol–water partition coefficient (Wildman–Crippen LogP) is 4.76. The lowest BCUT2D eigenvalue weighted by molar-refractivity contribution is 0.102. The topological polar surface area (TPSA) is 69.7 Å². The average molecular weight is 490 g/mol. The molecule has 3 aromatic rings. The number of para-hydroxylation sites is 1. The van der Waals surface area contributed by atoms with E-state index in [4.69, 9.17) is 23.2 Å². The summed E-state index contributed by atoms with van der Waals surface area (Å²) in [7, 11) is -3.73. The van der Waals surface area contributed by atoms with Crippen LogP contribution < -0.4 is 10.2 Å². The number of halogens is 2. The third kappa shape index (κ3) is 4.76. The van der Waals surface area contributed by atoms with E-state index in [1.165, 1.54) is 16.4 Å². The summed E-state index contributed by atoms with van der Waals surface area (Å²) in [5, 5.41) is 3.22. The monoisotopic (exact) mass is 489 g/mol. The Balaban J connectivity index is 1.48. The van der Waals surface area contributed by atoms with Gasteiger partial charge in [-0.25, -0.2) is 8.42 Å². The summed E-state index contributed by atoms with van der Waals surface area (Å²) >= 11 is 12.1. The van der Waals surface area contributed by atoms with Gasteiger partial charge in [-0.15, -0.1) is 0 Å². The van der Waals surface area contributed by atoms with Crippen molar-refractivity contribution in [1.82, 2.24) is 4.31 Å². The predicted molar refractivity (Wildman–Crippen MR) is 128 cm³/mol. The molecule has 1 aliphatic rings. The molecule has 4 rings (SSSR count). The molecule has 0 atom stereocenters. The van der Waals surface area contributed by atoms with Crippen molar-refractivity contribution in [2.75, 3.05) is 36.4 Å². The molecule has 166 valence electrons. The molecule has 9 heteroatoms. The summed E-state index contributed by atoms with van der Waals surface area (Å²) in [6.07, 6.45) is 0. The second-order valence-corrected chi connectivity index (χ2v) is 10.0. The summed E-state index contributed by atoms with van der Waals surface area (Å²) in [4.78, 5) is 14.9. The molecule has 1 heterocycles. The highest BCUT2D eigenvalue weighted by Crippen LogP contribution is 2.30. The second-order valence-electron chi connectivity index (χ2n) is 7.31. The molecule has 1 fully saturated rings. The fraction of sp³-hybridized carbons (Fsp3) is 0.174. The fourth-order valence-corrected chi connectivity index (χ4v) is 5.38. The van der Waals surface area contributed by atoms with Gasteiger partial charge in [-0.1, -0.05) is 53.5 Å². The third-order valence-corrected chi connectivity index (χ3v) is 8.01. The molecule has 0 unspecified atom stereocenters. The van der Waals surface area contributed by atoms with E-state index in [1.54, 1.807) is 30.3 Å². The highest BCUT2D eigenvalue weighted by molar-refractivity contribution is 7.89. The molecule has 0 saturated carbocycles. The number of piperazine rings is 1. The molecular formula is C23H21Cl2N3O3S. The molecule has 1 N–H and O–H groups in total. The van der Waals surface area contributed by atoms with Crippen molar-refractivity contribution in [2.45, 2.75) is 4.90 Å². The smallest absolute Gasteiger partial charge is 0.255 e. The van der Waals surface area contributed by atoms with Gasteiger partial charge in [-0.3, -0.25) is 4.79 Å². The van der Waals surface area contributed by atoms with Crippen molar-refractivity contribution >= 4 is 50.5 Å². The number of hydrogen-bond donors (Lipinski definition) is 1. The Bertz CT molecular complexity index is 1230. The number of carbonyl (C=O) groups excluding carboxylic acids is 1. The summed E-state index contributed by atoms with van der Waals surface area (Å²) < 4.78 is 27.9. The van der Waals surface area contributed by atoms with E-state index in [2.05, 4.69) is 10.2 Å². The Morgan fingerprint density at radius 1 is 0.844 bits per heavy atom. The molecule has 0 aliphatic carbocycles. The molecule has 0 spiro atoms. The number of hydrogen-bond acceptors (Lipinski definition) is 4. The first-order valence-corrected chi connectivity index (χ1v) is 12.2. The van der Waals surface area contributed by atoms with E-state index in [-0.39, 0.29) is 15.5 Å². The number of nitrogens with one attached hydrogen (secondary N) is 1. The van der Waals surface area contributed by atoms with Crippen LogP contribution in [0.25, 0.3) is 0 Å². The molecule has 1 saturated heterocycles. The zero-order valence-electron chi connectivity index (χ0n) is 17.0. The average Bonchev–Trinajstić information content (AvgIpc) is 2.83. The Morgan fingerprint density at radius 2 is 1.53 bits per heavy atom. The maximum absolute atomic E-state index is 13.2. The Labute approximate surface area is 197 Å². The number of amides is 1. The van der Waals surface area contributed by atoms with Crippen LogP contribution in [-0.2, 0) is 10.0 Å². The van der Waals surface area contributed by atoms with Gasteiger partial charge in [-0.2, -0.15) is 4.31 Å². The molecule has 1 amide bonds. The normalized spacial score (nSPS) is 14.9. The second kappa shape index (κ2) is 9.50. The first kappa shape index (κ1) is 22.6. The van der Waals surface area contributed by atoms with Crippen molar-refractivity contribution < 1.29 is 13.2 Å². The van der Waals surface area contributed by atoms with Gasteiger partial charge >= 0.3 is 0 Å². The van der Waals surface area contributed by atoms with Gasteiger partial charge in [0.25, 0.3) is 5.91 Å². The highest BCUT2D eigenvalue weighted by atomic mass is 35.5. The van der Waals surface area contributed by atoms with E-state index < -0.39 is 15.9 Å². The summed E-state index contributed by atoms with van der Waals surface area (Å²) in [5.41, 5.74) is 1.64. The van der Waals surface area contributed by atoms with Gasteiger partial charge in [0.1, 0.15) is 0 Å². The number of benzene rings is 3.